The second-order valence-corrected chi connectivity index (χ2v) is 6.53. The summed E-state index contributed by atoms with van der Waals surface area (Å²) in [5, 5.41) is 3.43. The lowest BCUT2D eigenvalue weighted by Crippen LogP contribution is -2.36. The summed E-state index contributed by atoms with van der Waals surface area (Å²) in [6.45, 7) is 2.50. The van der Waals surface area contributed by atoms with Crippen LogP contribution in [0.3, 0.4) is 0 Å². The molecule has 134 valence electrons. The Morgan fingerprint density at radius 2 is 1.64 bits per heavy atom. The molecule has 1 aliphatic heterocycles. The van der Waals surface area contributed by atoms with E-state index in [1.54, 1.807) is 0 Å². The highest BCUT2D eigenvalue weighted by Gasteiger charge is 2.21. The van der Waals surface area contributed by atoms with E-state index in [1.807, 2.05) is 29.2 Å². The van der Waals surface area contributed by atoms with Gasteiger partial charge in [0.05, 0.1) is 0 Å². The summed E-state index contributed by atoms with van der Waals surface area (Å²) >= 11 is 0. The van der Waals surface area contributed by atoms with Gasteiger partial charge in [-0.2, -0.15) is 0 Å². The number of halogens is 1. The molecular formula is C21H27ClN2O. The average Bonchev–Trinajstić information content (AvgIpc) is 3.13. The largest absolute Gasteiger partial charge is 0.338 e. The van der Waals surface area contributed by atoms with Crippen molar-refractivity contribution in [3.8, 4) is 0 Å². The number of benzene rings is 2. The number of hydrogen-bond acceptors (Lipinski definition) is 2. The monoisotopic (exact) mass is 358 g/mol. The zero-order valence-corrected chi connectivity index (χ0v) is 15.4. The predicted octanol–water partition coefficient (Wildman–Crippen LogP) is 3.82. The van der Waals surface area contributed by atoms with Crippen molar-refractivity contribution in [2.75, 3.05) is 13.1 Å². The van der Waals surface area contributed by atoms with Crippen LogP contribution in [0, 0.1) is 0 Å². The van der Waals surface area contributed by atoms with Gasteiger partial charge in [-0.15, -0.1) is 12.4 Å². The van der Waals surface area contributed by atoms with Gasteiger partial charge in [0.25, 0.3) is 0 Å². The summed E-state index contributed by atoms with van der Waals surface area (Å²) in [5.74, 6) is 0.259. The van der Waals surface area contributed by atoms with E-state index < -0.39 is 0 Å². The average molecular weight is 359 g/mol. The van der Waals surface area contributed by atoms with Gasteiger partial charge in [0.1, 0.15) is 0 Å². The zero-order valence-electron chi connectivity index (χ0n) is 14.6. The molecule has 1 aliphatic rings. The van der Waals surface area contributed by atoms with Gasteiger partial charge in [0, 0.05) is 25.6 Å². The third-order valence-corrected chi connectivity index (χ3v) is 4.67. The lowest BCUT2D eigenvalue weighted by Gasteiger charge is -2.24. The fourth-order valence-corrected chi connectivity index (χ4v) is 3.28. The molecule has 1 atom stereocenters. The van der Waals surface area contributed by atoms with E-state index in [1.165, 1.54) is 17.5 Å². The van der Waals surface area contributed by atoms with E-state index in [0.29, 0.717) is 19.0 Å². The van der Waals surface area contributed by atoms with Gasteiger partial charge in [-0.3, -0.25) is 4.79 Å². The smallest absolute Gasteiger partial charge is 0.224 e. The van der Waals surface area contributed by atoms with Crippen molar-refractivity contribution in [3.05, 3.63) is 71.8 Å². The van der Waals surface area contributed by atoms with Crippen LogP contribution >= 0.6 is 12.4 Å². The maximum absolute atomic E-state index is 12.8. The van der Waals surface area contributed by atoms with Crippen LogP contribution in [0.25, 0.3) is 0 Å². The van der Waals surface area contributed by atoms with Crippen molar-refractivity contribution in [3.63, 3.8) is 0 Å². The van der Waals surface area contributed by atoms with Gasteiger partial charge in [-0.05, 0) is 36.9 Å². The maximum atomic E-state index is 12.8. The lowest BCUT2D eigenvalue weighted by atomic mass is 10.1. The summed E-state index contributed by atoms with van der Waals surface area (Å²) in [5.41, 5.74) is 2.47. The van der Waals surface area contributed by atoms with Crippen LogP contribution < -0.4 is 5.32 Å². The minimum Gasteiger partial charge on any atom is -0.338 e. The summed E-state index contributed by atoms with van der Waals surface area (Å²) in [7, 11) is 0. The number of carbonyl (C=O) groups is 1. The summed E-state index contributed by atoms with van der Waals surface area (Å²) in [6, 6.07) is 21.0. The van der Waals surface area contributed by atoms with E-state index in [4.69, 9.17) is 0 Å². The Morgan fingerprint density at radius 1 is 1.00 bits per heavy atom. The summed E-state index contributed by atoms with van der Waals surface area (Å²) in [4.78, 5) is 14.8. The number of nitrogens with zero attached hydrogens (tertiary/aromatic N) is 1. The molecule has 1 saturated heterocycles. The second kappa shape index (κ2) is 10.2. The molecule has 1 N–H and O–H groups in total. The van der Waals surface area contributed by atoms with Crippen molar-refractivity contribution in [2.45, 2.75) is 38.3 Å². The fraction of sp³-hybridized carbons (Fsp3) is 0.381. The van der Waals surface area contributed by atoms with Crippen LogP contribution in [0.1, 0.15) is 30.4 Å². The first-order valence-electron chi connectivity index (χ1n) is 8.90. The standard InChI is InChI=1S/C21H26N2O.ClH/c24-21(16-20-12-7-14-22-20)23(17-19-10-5-2-6-11-19)15-13-18-8-3-1-4-9-18;/h1-6,8-11,20,22H,7,12-17H2;1H. The van der Waals surface area contributed by atoms with Crippen molar-refractivity contribution < 1.29 is 4.79 Å². The van der Waals surface area contributed by atoms with E-state index >= 15 is 0 Å². The molecule has 3 rings (SSSR count). The van der Waals surface area contributed by atoms with Gasteiger partial charge < -0.3 is 10.2 Å². The Morgan fingerprint density at radius 3 is 2.24 bits per heavy atom. The SMILES string of the molecule is Cl.O=C(CC1CCCN1)N(CCc1ccccc1)Cc1ccccc1. The van der Waals surface area contributed by atoms with E-state index in [2.05, 4.69) is 41.7 Å². The molecule has 2 aromatic rings. The van der Waals surface area contributed by atoms with Gasteiger partial charge >= 0.3 is 0 Å². The fourth-order valence-electron chi connectivity index (χ4n) is 3.28. The van der Waals surface area contributed by atoms with Gasteiger partial charge in [-0.25, -0.2) is 0 Å². The normalized spacial score (nSPS) is 16.2. The molecule has 4 heteroatoms. The van der Waals surface area contributed by atoms with Crippen LogP contribution in [0.15, 0.2) is 60.7 Å². The molecule has 25 heavy (non-hydrogen) atoms. The maximum Gasteiger partial charge on any atom is 0.224 e. The van der Waals surface area contributed by atoms with Crippen LogP contribution in [0.5, 0.6) is 0 Å². The molecule has 3 nitrogen and oxygen atoms in total. The Bertz CT molecular complexity index is 627. The van der Waals surface area contributed by atoms with Crippen molar-refractivity contribution >= 4 is 18.3 Å². The third kappa shape index (κ3) is 6.18. The molecular weight excluding hydrogens is 332 g/mol. The molecule has 1 fully saturated rings. The number of hydrogen-bond donors (Lipinski definition) is 1. The molecule has 0 aromatic heterocycles. The number of amides is 1. The molecule has 0 radical (unpaired) electrons. The van der Waals surface area contributed by atoms with Crippen LogP contribution in [-0.4, -0.2) is 29.9 Å². The predicted molar refractivity (Wildman–Crippen MR) is 105 cm³/mol. The number of carbonyl (C=O) groups excluding carboxylic acids is 1. The van der Waals surface area contributed by atoms with Crippen molar-refractivity contribution in [1.82, 2.24) is 10.2 Å². The molecule has 1 unspecified atom stereocenters. The molecule has 1 amide bonds. The molecule has 0 aliphatic carbocycles. The zero-order chi connectivity index (χ0) is 16.6. The minimum absolute atomic E-state index is 0. The second-order valence-electron chi connectivity index (χ2n) is 6.53. The van der Waals surface area contributed by atoms with Crippen LogP contribution in [0.4, 0.5) is 0 Å². The number of nitrogens with one attached hydrogen (secondary N) is 1. The van der Waals surface area contributed by atoms with Crippen molar-refractivity contribution in [1.29, 1.82) is 0 Å². The first kappa shape index (κ1) is 19.5. The Labute approximate surface area is 156 Å². The van der Waals surface area contributed by atoms with Crippen LogP contribution in [0.2, 0.25) is 0 Å². The first-order chi connectivity index (χ1) is 11.8. The number of rotatable bonds is 7. The Kier molecular flexibility index (Phi) is 7.96. The molecule has 0 spiro atoms. The quantitative estimate of drug-likeness (QED) is 0.816. The highest BCUT2D eigenvalue weighted by molar-refractivity contribution is 5.85. The third-order valence-electron chi connectivity index (χ3n) is 4.67. The highest BCUT2D eigenvalue weighted by atomic mass is 35.5. The Hall–Kier alpha value is -1.84. The van der Waals surface area contributed by atoms with E-state index in [-0.39, 0.29) is 18.3 Å². The molecule has 0 saturated carbocycles. The van der Waals surface area contributed by atoms with Gasteiger partial charge in [0.15, 0.2) is 0 Å². The summed E-state index contributed by atoms with van der Waals surface area (Å²) in [6.07, 6.45) is 3.81. The minimum atomic E-state index is 0. The van der Waals surface area contributed by atoms with Gasteiger partial charge in [0.2, 0.25) is 5.91 Å². The summed E-state index contributed by atoms with van der Waals surface area (Å²) < 4.78 is 0. The first-order valence-corrected chi connectivity index (χ1v) is 8.90. The molecule has 2 aromatic carbocycles. The van der Waals surface area contributed by atoms with Gasteiger partial charge in [-0.1, -0.05) is 60.7 Å². The van der Waals surface area contributed by atoms with Crippen molar-refractivity contribution in [2.24, 2.45) is 0 Å². The molecule has 0 bridgehead atoms. The molecule has 1 heterocycles. The van der Waals surface area contributed by atoms with E-state index in [0.717, 1.165) is 25.9 Å². The van der Waals surface area contributed by atoms with E-state index in [9.17, 15) is 4.79 Å². The highest BCUT2D eigenvalue weighted by Crippen LogP contribution is 2.14. The lowest BCUT2D eigenvalue weighted by molar-refractivity contribution is -0.132. The Balaban J connectivity index is 0.00000225. The topological polar surface area (TPSA) is 32.3 Å². The van der Waals surface area contributed by atoms with Crippen LogP contribution in [-0.2, 0) is 17.8 Å².